The van der Waals surface area contributed by atoms with Crippen molar-refractivity contribution in [3.63, 3.8) is 0 Å². The molecule has 26 heavy (non-hydrogen) atoms. The number of piperazine rings is 1. The number of hydrogen-bond acceptors (Lipinski definition) is 4. The summed E-state index contributed by atoms with van der Waals surface area (Å²) in [5.74, 6) is 0.968. The van der Waals surface area contributed by atoms with Crippen LogP contribution in [0.1, 0.15) is 40.5 Å². The zero-order valence-electron chi connectivity index (χ0n) is 17.6. The molecular weight excluding hydrogens is 330 g/mol. The fourth-order valence-corrected chi connectivity index (χ4v) is 4.42. The molecule has 1 amide bonds. The van der Waals surface area contributed by atoms with Crippen LogP contribution in [0.2, 0.25) is 0 Å². The number of carbonyl (C=O) groups excluding carboxylic acids is 1. The standard InChI is InChI=1S/C19H37N5O2/c1-15(2)24-16(25)12-23(14-18(24,3)4)17(20-5)21-13-19(22(6)7)8-10-26-11-9-19/h15H,8-14H2,1-7H3,(H,20,21). The molecule has 0 aliphatic carbocycles. The van der Waals surface area contributed by atoms with Crippen LogP contribution in [0.25, 0.3) is 0 Å². The molecule has 7 heteroatoms. The summed E-state index contributed by atoms with van der Waals surface area (Å²) in [5.41, 5.74) is -0.160. The second-order valence-electron chi connectivity index (χ2n) is 8.66. The second-order valence-corrected chi connectivity index (χ2v) is 8.66. The lowest BCUT2D eigenvalue weighted by atomic mass is 9.88. The molecule has 2 aliphatic heterocycles. The maximum atomic E-state index is 12.7. The van der Waals surface area contributed by atoms with Crippen molar-refractivity contribution in [3.8, 4) is 0 Å². The molecule has 0 saturated carbocycles. The molecule has 0 atom stereocenters. The predicted molar refractivity (Wildman–Crippen MR) is 105 cm³/mol. The van der Waals surface area contributed by atoms with Crippen molar-refractivity contribution in [2.75, 3.05) is 54.0 Å². The van der Waals surface area contributed by atoms with Crippen molar-refractivity contribution in [2.45, 2.75) is 57.7 Å². The van der Waals surface area contributed by atoms with E-state index in [1.54, 1.807) is 7.05 Å². The summed E-state index contributed by atoms with van der Waals surface area (Å²) in [6, 6.07) is 0.203. The number of rotatable bonds is 4. The van der Waals surface area contributed by atoms with E-state index < -0.39 is 0 Å². The second kappa shape index (κ2) is 8.13. The van der Waals surface area contributed by atoms with Gasteiger partial charge in [-0.05, 0) is 54.6 Å². The Kier molecular flexibility index (Phi) is 6.55. The number of hydrogen-bond donors (Lipinski definition) is 1. The molecule has 2 aliphatic rings. The van der Waals surface area contributed by atoms with Gasteiger partial charge >= 0.3 is 0 Å². The Morgan fingerprint density at radius 2 is 1.92 bits per heavy atom. The highest BCUT2D eigenvalue weighted by molar-refractivity contribution is 5.88. The highest BCUT2D eigenvalue weighted by Crippen LogP contribution is 2.26. The Labute approximate surface area is 158 Å². The zero-order valence-corrected chi connectivity index (χ0v) is 17.6. The Morgan fingerprint density at radius 3 is 2.38 bits per heavy atom. The molecule has 0 unspecified atom stereocenters. The highest BCUT2D eigenvalue weighted by Gasteiger charge is 2.41. The molecule has 2 saturated heterocycles. The van der Waals surface area contributed by atoms with Gasteiger partial charge in [-0.1, -0.05) is 0 Å². The van der Waals surface area contributed by atoms with E-state index in [2.05, 4.69) is 61.9 Å². The fraction of sp³-hybridized carbons (Fsp3) is 0.895. The normalized spacial score (nSPS) is 23.7. The number of amides is 1. The van der Waals surface area contributed by atoms with Gasteiger partial charge in [-0.2, -0.15) is 0 Å². The van der Waals surface area contributed by atoms with E-state index in [9.17, 15) is 4.79 Å². The molecule has 150 valence electrons. The van der Waals surface area contributed by atoms with Crippen molar-refractivity contribution in [3.05, 3.63) is 0 Å². The van der Waals surface area contributed by atoms with Gasteiger partial charge in [-0.3, -0.25) is 9.79 Å². The van der Waals surface area contributed by atoms with Crippen molar-refractivity contribution in [1.82, 2.24) is 20.0 Å². The monoisotopic (exact) mass is 367 g/mol. The average Bonchev–Trinajstić information content (AvgIpc) is 2.54. The molecule has 2 rings (SSSR count). The van der Waals surface area contributed by atoms with Crippen molar-refractivity contribution in [1.29, 1.82) is 0 Å². The average molecular weight is 368 g/mol. The first-order valence-electron chi connectivity index (χ1n) is 9.66. The summed E-state index contributed by atoms with van der Waals surface area (Å²) in [5, 5.41) is 3.54. The fourth-order valence-electron chi connectivity index (χ4n) is 4.42. The first-order chi connectivity index (χ1) is 12.1. The van der Waals surface area contributed by atoms with Crippen LogP contribution in [0.4, 0.5) is 0 Å². The van der Waals surface area contributed by atoms with Gasteiger partial charge in [-0.15, -0.1) is 0 Å². The lowest BCUT2D eigenvalue weighted by Gasteiger charge is -2.50. The largest absolute Gasteiger partial charge is 0.381 e. The molecule has 0 aromatic carbocycles. The van der Waals surface area contributed by atoms with Crippen molar-refractivity contribution in [2.24, 2.45) is 4.99 Å². The van der Waals surface area contributed by atoms with Crippen LogP contribution in [-0.4, -0.2) is 97.7 Å². The Morgan fingerprint density at radius 1 is 1.31 bits per heavy atom. The van der Waals surface area contributed by atoms with Gasteiger partial charge in [0.05, 0.1) is 12.1 Å². The molecule has 2 heterocycles. The lowest BCUT2D eigenvalue weighted by Crippen LogP contribution is -2.67. The van der Waals surface area contributed by atoms with Crippen molar-refractivity contribution >= 4 is 11.9 Å². The molecule has 0 bridgehead atoms. The van der Waals surface area contributed by atoms with Gasteiger partial charge in [0.15, 0.2) is 5.96 Å². The molecule has 2 fully saturated rings. The van der Waals surface area contributed by atoms with Gasteiger partial charge in [0.25, 0.3) is 0 Å². The van der Waals surface area contributed by atoms with Crippen LogP contribution in [0, 0.1) is 0 Å². The van der Waals surface area contributed by atoms with Crippen LogP contribution in [0.5, 0.6) is 0 Å². The van der Waals surface area contributed by atoms with Crippen LogP contribution in [0.3, 0.4) is 0 Å². The summed E-state index contributed by atoms with van der Waals surface area (Å²) in [6.45, 7) is 11.9. The first kappa shape index (κ1) is 21.0. The van der Waals surface area contributed by atoms with Gasteiger partial charge in [0.1, 0.15) is 0 Å². The SMILES string of the molecule is CN=C(NCC1(N(C)C)CCOCC1)N1CC(=O)N(C(C)C)C(C)(C)C1. The third-order valence-corrected chi connectivity index (χ3v) is 5.80. The van der Waals surface area contributed by atoms with E-state index in [-0.39, 0.29) is 23.0 Å². The van der Waals surface area contributed by atoms with Gasteiger partial charge in [-0.25, -0.2) is 0 Å². The van der Waals surface area contributed by atoms with E-state index in [0.29, 0.717) is 6.54 Å². The topological polar surface area (TPSA) is 60.4 Å². The maximum Gasteiger partial charge on any atom is 0.242 e. The molecule has 0 aromatic rings. The minimum Gasteiger partial charge on any atom is -0.381 e. The van der Waals surface area contributed by atoms with Crippen LogP contribution in [-0.2, 0) is 9.53 Å². The molecule has 0 radical (unpaired) electrons. The van der Waals surface area contributed by atoms with Gasteiger partial charge < -0.3 is 24.8 Å². The molecule has 1 N–H and O–H groups in total. The molecule has 0 aromatic heterocycles. The van der Waals surface area contributed by atoms with E-state index in [0.717, 1.165) is 45.1 Å². The number of nitrogens with zero attached hydrogens (tertiary/aromatic N) is 4. The number of nitrogens with one attached hydrogen (secondary N) is 1. The van der Waals surface area contributed by atoms with Crippen LogP contribution < -0.4 is 5.32 Å². The summed E-state index contributed by atoms with van der Waals surface area (Å²) in [7, 11) is 6.05. The van der Waals surface area contributed by atoms with Gasteiger partial charge in [0.2, 0.25) is 5.91 Å². The Bertz CT molecular complexity index is 524. The maximum absolute atomic E-state index is 12.7. The number of aliphatic imine (C=N–C) groups is 1. The van der Waals surface area contributed by atoms with E-state index in [4.69, 9.17) is 4.74 Å². The van der Waals surface area contributed by atoms with E-state index in [1.807, 2.05) is 4.90 Å². The van der Waals surface area contributed by atoms with Crippen molar-refractivity contribution < 1.29 is 9.53 Å². The molecule has 7 nitrogen and oxygen atoms in total. The van der Waals surface area contributed by atoms with Gasteiger partial charge in [0, 0.05) is 44.9 Å². The minimum atomic E-state index is -0.223. The smallest absolute Gasteiger partial charge is 0.242 e. The number of guanidine groups is 1. The number of carbonyl (C=O) groups is 1. The summed E-state index contributed by atoms with van der Waals surface area (Å²) < 4.78 is 5.55. The minimum absolute atomic E-state index is 0.0630. The molecular formula is C19H37N5O2. The summed E-state index contributed by atoms with van der Waals surface area (Å²) in [4.78, 5) is 23.6. The van der Waals surface area contributed by atoms with Crippen LogP contribution in [0.15, 0.2) is 4.99 Å². The number of likely N-dealkylation sites (N-methyl/N-ethyl adjacent to an activating group) is 1. The predicted octanol–water partition coefficient (Wildman–Crippen LogP) is 1.00. The van der Waals surface area contributed by atoms with Crippen LogP contribution >= 0.6 is 0 Å². The molecule has 0 spiro atoms. The summed E-state index contributed by atoms with van der Waals surface area (Å²) in [6.07, 6.45) is 1.99. The van der Waals surface area contributed by atoms with E-state index >= 15 is 0 Å². The Balaban J connectivity index is 2.08. The van der Waals surface area contributed by atoms with E-state index in [1.165, 1.54) is 0 Å². The number of ether oxygens (including phenoxy) is 1. The highest BCUT2D eigenvalue weighted by atomic mass is 16.5. The quantitative estimate of drug-likeness (QED) is 0.593. The summed E-state index contributed by atoms with van der Waals surface area (Å²) >= 11 is 0. The third kappa shape index (κ3) is 4.31. The Hall–Kier alpha value is -1.34. The third-order valence-electron chi connectivity index (χ3n) is 5.80. The lowest BCUT2D eigenvalue weighted by molar-refractivity contribution is -0.145. The first-order valence-corrected chi connectivity index (χ1v) is 9.66. The zero-order chi connectivity index (χ0) is 19.5.